The van der Waals surface area contributed by atoms with Gasteiger partial charge < -0.3 is 20.5 Å². The van der Waals surface area contributed by atoms with Crippen LogP contribution in [0.2, 0.25) is 0 Å². The van der Waals surface area contributed by atoms with Crippen molar-refractivity contribution < 1.29 is 9.84 Å². The van der Waals surface area contributed by atoms with Crippen LogP contribution in [0.3, 0.4) is 0 Å². The molecule has 0 heterocycles. The van der Waals surface area contributed by atoms with E-state index in [1.807, 2.05) is 18.3 Å². The maximum absolute atomic E-state index is 11.0. The van der Waals surface area contributed by atoms with Gasteiger partial charge in [0, 0.05) is 17.8 Å². The Bertz CT molecular complexity index is 1480. The van der Waals surface area contributed by atoms with Crippen LogP contribution in [-0.2, 0) is 6.42 Å². The van der Waals surface area contributed by atoms with E-state index in [9.17, 15) is 5.11 Å². The predicted molar refractivity (Wildman–Crippen MR) is 195 cm³/mol. The second kappa shape index (κ2) is 16.2. The Morgan fingerprint density at radius 3 is 2.42 bits per heavy atom. The van der Waals surface area contributed by atoms with Gasteiger partial charge in [-0.1, -0.05) is 99.0 Å². The van der Waals surface area contributed by atoms with E-state index in [0.717, 1.165) is 62.7 Å². The van der Waals surface area contributed by atoms with E-state index in [-0.39, 0.29) is 18.1 Å². The average Bonchev–Trinajstić information content (AvgIpc) is 3.55. The number of hydrogen-bond donors (Lipinski definition) is 3. The molecule has 0 aliphatic heterocycles. The van der Waals surface area contributed by atoms with Crippen LogP contribution < -0.4 is 26.0 Å². The molecule has 5 nitrogen and oxygen atoms in total. The third-order valence-electron chi connectivity index (χ3n) is 8.76. The second-order valence-electron chi connectivity index (χ2n) is 11.9. The molecule has 236 valence electrons. The zero-order valence-electron chi connectivity index (χ0n) is 26.7. The Balaban J connectivity index is 1.30. The number of hydrogen-bond acceptors (Lipinski definition) is 4. The summed E-state index contributed by atoms with van der Waals surface area (Å²) in [6.45, 7) is 4.38. The first-order chi connectivity index (χ1) is 22.0. The lowest BCUT2D eigenvalue weighted by atomic mass is 9.90. The minimum atomic E-state index is -0.672. The van der Waals surface area contributed by atoms with Crippen LogP contribution in [0, 0.1) is 0 Å². The Morgan fingerprint density at radius 2 is 1.76 bits per heavy atom. The molecule has 0 aromatic heterocycles. The quantitative estimate of drug-likeness (QED) is 0.108. The number of nitrogens with one attached hydrogen (secondary N) is 2. The number of phenolic OH excluding ortho intramolecular Hbond substituents is 1. The van der Waals surface area contributed by atoms with Gasteiger partial charge in [-0.2, -0.15) is 0 Å². The number of rotatable bonds is 12. The summed E-state index contributed by atoms with van der Waals surface area (Å²) in [5.41, 5.74) is 3.01. The van der Waals surface area contributed by atoms with Crippen molar-refractivity contribution in [1.82, 2.24) is 10.6 Å². The van der Waals surface area contributed by atoms with Gasteiger partial charge in [-0.05, 0) is 98.4 Å². The molecule has 0 amide bonds. The smallest absolute Gasteiger partial charge is 0.167 e. The number of unbranched alkanes of at least 4 members (excludes halogenated alkanes) is 1. The normalized spacial score (nSPS) is 18.8. The fourth-order valence-electron chi connectivity index (χ4n) is 6.30. The molecule has 1 fully saturated rings. The number of ether oxygens (including phenoxy) is 1. The van der Waals surface area contributed by atoms with Gasteiger partial charge in [-0.25, -0.2) is 0 Å². The van der Waals surface area contributed by atoms with Gasteiger partial charge in [0.1, 0.15) is 11.5 Å². The van der Waals surface area contributed by atoms with Crippen molar-refractivity contribution in [3.63, 3.8) is 0 Å². The van der Waals surface area contributed by atoms with Gasteiger partial charge >= 0.3 is 0 Å². The number of nitrogens with zero attached hydrogens (tertiary/aromatic N) is 1. The first-order valence-corrected chi connectivity index (χ1v) is 18.0. The standard InChI is InChI=1S/C38H46N3O2PS/c1-4-5-15-28-24-30(43-3)25-29(37(28)42)26-39-34-21-12-13-22-35(34)41-38(45)40-27(2)33-20-14-23-36(33)44(31-16-8-6-9-17-31)32-18-10-7-11-19-32/h6-11,14,16-19,23-27,34-35,42H,4-5,12-13,15,20-22H2,1-3H3,(H2,40,41,45)/t27-,34+,35+/m1/s1. The number of phenols is 1. The highest BCUT2D eigenvalue weighted by atomic mass is 32.1. The molecule has 0 bridgehead atoms. The van der Waals surface area contributed by atoms with Crippen LogP contribution in [0.4, 0.5) is 0 Å². The first-order valence-electron chi connectivity index (χ1n) is 16.3. The highest BCUT2D eigenvalue weighted by molar-refractivity contribution is 7.80. The maximum atomic E-state index is 11.0. The highest BCUT2D eigenvalue weighted by Crippen LogP contribution is 2.48. The van der Waals surface area contributed by atoms with Crippen molar-refractivity contribution in [1.29, 1.82) is 0 Å². The number of aliphatic imine (C=N–C) groups is 1. The summed E-state index contributed by atoms with van der Waals surface area (Å²) < 4.78 is 5.53. The van der Waals surface area contributed by atoms with Crippen molar-refractivity contribution in [2.75, 3.05) is 7.11 Å². The summed E-state index contributed by atoms with van der Waals surface area (Å²) in [5.74, 6) is 1.05. The lowest BCUT2D eigenvalue weighted by Gasteiger charge is -2.32. The number of aryl methyl sites for hydroxylation is 1. The molecule has 0 radical (unpaired) electrons. The number of methoxy groups -OCH3 is 1. The molecule has 45 heavy (non-hydrogen) atoms. The minimum absolute atomic E-state index is 0.0745. The number of thiocarbonyl (C=S) groups is 1. The summed E-state index contributed by atoms with van der Waals surface area (Å²) >= 11 is 5.91. The number of allylic oxidation sites excluding steroid dienone is 3. The Morgan fingerprint density at radius 1 is 1.07 bits per heavy atom. The van der Waals surface area contributed by atoms with Gasteiger partial charge in [0.2, 0.25) is 0 Å². The van der Waals surface area contributed by atoms with Crippen molar-refractivity contribution in [2.45, 2.75) is 83.3 Å². The summed E-state index contributed by atoms with van der Waals surface area (Å²) in [5, 5.41) is 23.0. The van der Waals surface area contributed by atoms with Gasteiger partial charge in [0.25, 0.3) is 0 Å². The van der Waals surface area contributed by atoms with Crippen LogP contribution in [0.1, 0.15) is 69.9 Å². The molecule has 0 unspecified atom stereocenters. The molecule has 0 saturated heterocycles. The molecule has 5 rings (SSSR count). The maximum Gasteiger partial charge on any atom is 0.167 e. The monoisotopic (exact) mass is 639 g/mol. The van der Waals surface area contributed by atoms with Crippen molar-refractivity contribution in [3.8, 4) is 11.5 Å². The molecule has 2 aliphatic carbocycles. The fourth-order valence-corrected chi connectivity index (χ4v) is 9.25. The van der Waals surface area contributed by atoms with E-state index in [1.165, 1.54) is 21.5 Å². The topological polar surface area (TPSA) is 65.9 Å². The van der Waals surface area contributed by atoms with Crippen LogP contribution in [-0.4, -0.2) is 41.7 Å². The van der Waals surface area contributed by atoms with Gasteiger partial charge in [0.05, 0.1) is 19.2 Å². The zero-order chi connectivity index (χ0) is 31.6. The largest absolute Gasteiger partial charge is 0.507 e. The van der Waals surface area contributed by atoms with Crippen molar-refractivity contribution >= 4 is 42.1 Å². The van der Waals surface area contributed by atoms with Crippen molar-refractivity contribution in [2.24, 2.45) is 4.99 Å². The summed E-state index contributed by atoms with van der Waals surface area (Å²) in [4.78, 5) is 5.00. The second-order valence-corrected chi connectivity index (χ2v) is 14.5. The Hall–Kier alpha value is -3.47. The lowest BCUT2D eigenvalue weighted by molar-refractivity contribution is 0.361. The lowest BCUT2D eigenvalue weighted by Crippen LogP contribution is -2.50. The predicted octanol–water partition coefficient (Wildman–Crippen LogP) is 7.67. The summed E-state index contributed by atoms with van der Waals surface area (Å²) in [6, 6.07) is 25.8. The molecular formula is C38H46N3O2PS. The molecule has 3 aromatic carbocycles. The molecular weight excluding hydrogens is 593 g/mol. The van der Waals surface area contributed by atoms with Crippen LogP contribution >= 0.6 is 20.1 Å². The van der Waals surface area contributed by atoms with E-state index in [1.54, 1.807) is 7.11 Å². The molecule has 7 heteroatoms. The average molecular weight is 640 g/mol. The van der Waals surface area contributed by atoms with Crippen LogP contribution in [0.15, 0.2) is 101 Å². The number of benzene rings is 3. The zero-order valence-corrected chi connectivity index (χ0v) is 28.4. The van der Waals surface area contributed by atoms with Crippen LogP contribution in [0.5, 0.6) is 11.5 Å². The van der Waals surface area contributed by atoms with E-state index >= 15 is 0 Å². The fraction of sp³-hybridized carbons (Fsp3) is 0.368. The molecule has 3 aromatic rings. The summed E-state index contributed by atoms with van der Waals surface area (Å²) in [6.07, 6.45) is 14.5. The molecule has 0 spiro atoms. The molecule has 3 atom stereocenters. The van der Waals surface area contributed by atoms with Gasteiger partial charge in [-0.3, -0.25) is 4.99 Å². The van der Waals surface area contributed by atoms with E-state index in [0.29, 0.717) is 16.4 Å². The molecule has 1 saturated carbocycles. The van der Waals surface area contributed by atoms with Crippen LogP contribution in [0.25, 0.3) is 0 Å². The summed E-state index contributed by atoms with van der Waals surface area (Å²) in [7, 11) is 0.993. The van der Waals surface area contributed by atoms with Gasteiger partial charge in [0.15, 0.2) is 5.11 Å². The SMILES string of the molecule is CCCCc1cc(OC)cc(C=N[C@H]2CCCC[C@@H]2NC(=S)N[C@H](C)C2=C(P(c3ccccc3)c3ccccc3)C=CC2)c1O. The van der Waals surface area contributed by atoms with E-state index in [4.69, 9.17) is 21.9 Å². The van der Waals surface area contributed by atoms with Gasteiger partial charge in [-0.15, -0.1) is 0 Å². The highest BCUT2D eigenvalue weighted by Gasteiger charge is 2.28. The Kier molecular flexibility index (Phi) is 11.8. The van der Waals surface area contributed by atoms with Crippen molar-refractivity contribution in [3.05, 3.63) is 107 Å². The molecule has 3 N–H and O–H groups in total. The third-order valence-corrected chi connectivity index (χ3v) is 11.5. The first kappa shape index (κ1) is 32.9. The van der Waals surface area contributed by atoms with E-state index < -0.39 is 7.92 Å². The third kappa shape index (κ3) is 8.42. The van der Waals surface area contributed by atoms with E-state index in [2.05, 4.69) is 97.3 Å². The molecule has 2 aliphatic rings. The number of aromatic hydroxyl groups is 1. The Labute approximate surface area is 275 Å². The minimum Gasteiger partial charge on any atom is -0.507 e.